The molecule has 0 aliphatic heterocycles. The highest BCUT2D eigenvalue weighted by atomic mass is 16.5. The molecule has 0 unspecified atom stereocenters. The van der Waals surface area contributed by atoms with Gasteiger partial charge in [-0.2, -0.15) is 5.10 Å². The van der Waals surface area contributed by atoms with E-state index in [0.29, 0.717) is 24.8 Å². The molecule has 0 radical (unpaired) electrons. The van der Waals surface area contributed by atoms with Crippen LogP contribution in [0.5, 0.6) is 0 Å². The van der Waals surface area contributed by atoms with Crippen LogP contribution in [-0.4, -0.2) is 46.3 Å². The summed E-state index contributed by atoms with van der Waals surface area (Å²) in [5.74, 6) is 0.635. The minimum Gasteiger partial charge on any atom is -0.466 e. The molecule has 6 heteroatoms. The molecule has 0 bridgehead atoms. The average Bonchev–Trinajstić information content (AvgIpc) is 3.32. The Hall–Kier alpha value is -1.85. The summed E-state index contributed by atoms with van der Waals surface area (Å²) >= 11 is 0. The van der Waals surface area contributed by atoms with E-state index >= 15 is 0 Å². The molecule has 2 aliphatic carbocycles. The van der Waals surface area contributed by atoms with E-state index in [1.165, 1.54) is 32.1 Å². The molecule has 1 aromatic rings. The van der Waals surface area contributed by atoms with Crippen LogP contribution in [0.25, 0.3) is 0 Å². The molecule has 6 nitrogen and oxygen atoms in total. The third kappa shape index (κ3) is 4.46. The van der Waals surface area contributed by atoms with Crippen molar-refractivity contribution < 1.29 is 14.3 Å². The Bertz CT molecular complexity index is 629. The van der Waals surface area contributed by atoms with Crippen molar-refractivity contribution in [3.63, 3.8) is 0 Å². The summed E-state index contributed by atoms with van der Waals surface area (Å²) in [5.41, 5.74) is 1.48. The zero-order valence-electron chi connectivity index (χ0n) is 16.2. The van der Waals surface area contributed by atoms with Crippen LogP contribution in [-0.2, 0) is 16.6 Å². The lowest BCUT2D eigenvalue weighted by Crippen LogP contribution is -2.38. The molecule has 144 valence electrons. The molecular formula is C20H31N3O3. The van der Waals surface area contributed by atoms with Gasteiger partial charge in [0.25, 0.3) is 5.91 Å². The van der Waals surface area contributed by atoms with Gasteiger partial charge in [0, 0.05) is 25.8 Å². The van der Waals surface area contributed by atoms with E-state index in [1.807, 2.05) is 31.9 Å². The molecule has 26 heavy (non-hydrogen) atoms. The number of aryl methyl sites for hydroxylation is 2. The Kier molecular flexibility index (Phi) is 5.99. The van der Waals surface area contributed by atoms with Crippen molar-refractivity contribution in [2.45, 2.75) is 52.4 Å². The van der Waals surface area contributed by atoms with E-state index in [1.54, 1.807) is 4.68 Å². The zero-order chi connectivity index (χ0) is 18.7. The first kappa shape index (κ1) is 18.9. The van der Waals surface area contributed by atoms with Crippen molar-refractivity contribution in [2.75, 3.05) is 19.7 Å². The first-order chi connectivity index (χ1) is 12.5. The number of hydrogen-bond acceptors (Lipinski definition) is 4. The minimum atomic E-state index is -0.115. The van der Waals surface area contributed by atoms with E-state index in [9.17, 15) is 9.59 Å². The standard InChI is InChI=1S/C20H31N3O3/c1-4-26-20(25)17-11-16(17)13-23(12-15-8-6-5-7-9-15)19(24)18-10-14(2)22(3)21-18/h10,15-17H,4-9,11-13H2,1-3H3/t16-,17-/m0/s1. The highest BCUT2D eigenvalue weighted by molar-refractivity contribution is 5.92. The Balaban J connectivity index is 1.67. The zero-order valence-corrected chi connectivity index (χ0v) is 16.2. The van der Waals surface area contributed by atoms with Crippen LogP contribution in [0.15, 0.2) is 6.07 Å². The maximum absolute atomic E-state index is 13.1. The average molecular weight is 361 g/mol. The first-order valence-electron chi connectivity index (χ1n) is 9.96. The Morgan fingerprint density at radius 2 is 2.00 bits per heavy atom. The maximum Gasteiger partial charge on any atom is 0.309 e. The van der Waals surface area contributed by atoms with Gasteiger partial charge in [-0.15, -0.1) is 0 Å². The molecule has 2 saturated carbocycles. The lowest BCUT2D eigenvalue weighted by atomic mass is 9.89. The molecule has 0 spiro atoms. The van der Waals surface area contributed by atoms with Gasteiger partial charge in [-0.1, -0.05) is 19.3 Å². The fourth-order valence-electron chi connectivity index (χ4n) is 4.02. The van der Waals surface area contributed by atoms with Crippen LogP contribution in [0.2, 0.25) is 0 Å². The highest BCUT2D eigenvalue weighted by Gasteiger charge is 2.45. The lowest BCUT2D eigenvalue weighted by Gasteiger charge is -2.29. The van der Waals surface area contributed by atoms with Crippen LogP contribution in [0.4, 0.5) is 0 Å². The number of aromatic nitrogens is 2. The van der Waals surface area contributed by atoms with Crippen molar-refractivity contribution in [2.24, 2.45) is 24.8 Å². The number of esters is 1. The SMILES string of the molecule is CCOC(=O)[C@H]1C[C@H]1CN(CC1CCCCC1)C(=O)c1cc(C)n(C)n1. The maximum atomic E-state index is 13.1. The number of ether oxygens (including phenoxy) is 1. The Labute approximate surface area is 155 Å². The summed E-state index contributed by atoms with van der Waals surface area (Å²) in [6.07, 6.45) is 7.02. The minimum absolute atomic E-state index is 0.00576. The summed E-state index contributed by atoms with van der Waals surface area (Å²) in [5, 5.41) is 4.37. The fourth-order valence-corrected chi connectivity index (χ4v) is 4.02. The van der Waals surface area contributed by atoms with E-state index in [4.69, 9.17) is 4.74 Å². The van der Waals surface area contributed by atoms with Gasteiger partial charge in [-0.3, -0.25) is 14.3 Å². The van der Waals surface area contributed by atoms with Crippen LogP contribution >= 0.6 is 0 Å². The quantitative estimate of drug-likeness (QED) is 0.701. The van der Waals surface area contributed by atoms with Gasteiger partial charge in [0.2, 0.25) is 0 Å². The molecule has 2 atom stereocenters. The molecule has 1 amide bonds. The predicted octanol–water partition coefficient (Wildman–Crippen LogP) is 2.95. The molecule has 0 saturated heterocycles. The second-order valence-electron chi connectivity index (χ2n) is 7.86. The monoisotopic (exact) mass is 361 g/mol. The highest BCUT2D eigenvalue weighted by Crippen LogP contribution is 2.40. The smallest absolute Gasteiger partial charge is 0.309 e. The largest absolute Gasteiger partial charge is 0.466 e. The van der Waals surface area contributed by atoms with Gasteiger partial charge >= 0.3 is 5.97 Å². The van der Waals surface area contributed by atoms with Crippen LogP contribution < -0.4 is 0 Å². The van der Waals surface area contributed by atoms with Gasteiger partial charge in [0.15, 0.2) is 5.69 Å². The van der Waals surface area contributed by atoms with Crippen LogP contribution in [0, 0.1) is 24.7 Å². The number of carbonyl (C=O) groups is 2. The molecule has 1 aromatic heterocycles. The van der Waals surface area contributed by atoms with Gasteiger partial charge < -0.3 is 9.64 Å². The van der Waals surface area contributed by atoms with Gasteiger partial charge in [0.05, 0.1) is 12.5 Å². The molecule has 1 heterocycles. The van der Waals surface area contributed by atoms with Crippen molar-refractivity contribution >= 4 is 11.9 Å². The first-order valence-corrected chi connectivity index (χ1v) is 9.96. The Morgan fingerprint density at radius 3 is 2.62 bits per heavy atom. The number of rotatable bonds is 7. The second kappa shape index (κ2) is 8.23. The number of hydrogen-bond donors (Lipinski definition) is 0. The summed E-state index contributed by atoms with van der Waals surface area (Å²) in [4.78, 5) is 27.0. The van der Waals surface area contributed by atoms with Crippen molar-refractivity contribution in [1.29, 1.82) is 0 Å². The molecule has 2 fully saturated rings. The number of carbonyl (C=O) groups excluding carboxylic acids is 2. The van der Waals surface area contributed by atoms with Crippen LogP contribution in [0.1, 0.15) is 61.6 Å². The summed E-state index contributed by atoms with van der Waals surface area (Å²) in [7, 11) is 1.86. The molecule has 0 aromatic carbocycles. The predicted molar refractivity (Wildman–Crippen MR) is 98.7 cm³/mol. The molecule has 2 aliphatic rings. The van der Waals surface area contributed by atoms with Crippen molar-refractivity contribution in [3.8, 4) is 0 Å². The van der Waals surface area contributed by atoms with Crippen LogP contribution in [0.3, 0.4) is 0 Å². The number of nitrogens with zero attached hydrogens (tertiary/aromatic N) is 3. The summed E-state index contributed by atoms with van der Waals surface area (Å²) in [6.45, 7) is 5.61. The topological polar surface area (TPSA) is 64.4 Å². The normalized spacial score (nSPS) is 22.9. The lowest BCUT2D eigenvalue weighted by molar-refractivity contribution is -0.145. The Morgan fingerprint density at radius 1 is 1.27 bits per heavy atom. The van der Waals surface area contributed by atoms with Crippen molar-refractivity contribution in [3.05, 3.63) is 17.5 Å². The molecule has 3 rings (SSSR count). The van der Waals surface area contributed by atoms with E-state index in [0.717, 1.165) is 18.7 Å². The van der Waals surface area contributed by atoms with E-state index < -0.39 is 0 Å². The fraction of sp³-hybridized carbons (Fsp3) is 0.750. The van der Waals surface area contributed by atoms with E-state index in [2.05, 4.69) is 5.10 Å². The van der Waals surface area contributed by atoms with Crippen molar-refractivity contribution in [1.82, 2.24) is 14.7 Å². The molecule has 0 N–H and O–H groups in total. The summed E-state index contributed by atoms with van der Waals surface area (Å²) in [6, 6.07) is 1.85. The van der Waals surface area contributed by atoms with Gasteiger partial charge in [-0.25, -0.2) is 0 Å². The third-order valence-corrected chi connectivity index (χ3v) is 5.79. The molecular weight excluding hydrogens is 330 g/mol. The van der Waals surface area contributed by atoms with Gasteiger partial charge in [0.1, 0.15) is 0 Å². The van der Waals surface area contributed by atoms with E-state index in [-0.39, 0.29) is 23.7 Å². The second-order valence-corrected chi connectivity index (χ2v) is 7.86. The third-order valence-electron chi connectivity index (χ3n) is 5.79. The summed E-state index contributed by atoms with van der Waals surface area (Å²) < 4.78 is 6.87. The van der Waals surface area contributed by atoms with Gasteiger partial charge in [-0.05, 0) is 51.0 Å². The number of amides is 1.